The summed E-state index contributed by atoms with van der Waals surface area (Å²) in [5.41, 5.74) is -0.407. The van der Waals surface area contributed by atoms with Crippen LogP contribution in [0.25, 0.3) is 0 Å². The number of ketones is 1. The molecule has 0 radical (unpaired) electrons. The van der Waals surface area contributed by atoms with Crippen LogP contribution in [0.15, 0.2) is 4.52 Å². The Morgan fingerprint density at radius 1 is 1.44 bits per heavy atom. The fourth-order valence-corrected chi connectivity index (χ4v) is 1.43. The molecule has 0 N–H and O–H groups in total. The first-order valence-corrected chi connectivity index (χ1v) is 5.27. The molecule has 1 heterocycles. The van der Waals surface area contributed by atoms with Gasteiger partial charge >= 0.3 is 5.69 Å². The van der Waals surface area contributed by atoms with Crippen LogP contribution in [-0.2, 0) is 6.42 Å². The van der Waals surface area contributed by atoms with Gasteiger partial charge in [0.1, 0.15) is 0 Å². The zero-order valence-electron chi connectivity index (χ0n) is 9.36. The minimum Gasteiger partial charge on any atom is -0.353 e. The maximum Gasteiger partial charge on any atom is 0.342 e. The van der Waals surface area contributed by atoms with Crippen molar-refractivity contribution in [2.24, 2.45) is 0 Å². The second-order valence-corrected chi connectivity index (χ2v) is 3.48. The van der Waals surface area contributed by atoms with Crippen LogP contribution in [0.3, 0.4) is 0 Å². The van der Waals surface area contributed by atoms with Crippen molar-refractivity contribution in [2.45, 2.75) is 39.5 Å². The molecule has 6 heteroatoms. The number of carbonyl (C=O) groups excluding carboxylic acids is 1. The molecule has 0 saturated heterocycles. The van der Waals surface area contributed by atoms with Gasteiger partial charge in [-0.05, 0) is 12.8 Å². The van der Waals surface area contributed by atoms with E-state index < -0.39 is 4.92 Å². The Morgan fingerprint density at radius 3 is 2.62 bits per heavy atom. The molecule has 0 fully saturated rings. The first kappa shape index (κ1) is 12.4. The first-order valence-electron chi connectivity index (χ1n) is 5.27. The monoisotopic (exact) mass is 226 g/mol. The summed E-state index contributed by atoms with van der Waals surface area (Å²) >= 11 is 0. The van der Waals surface area contributed by atoms with E-state index in [1.807, 2.05) is 13.8 Å². The maximum atomic E-state index is 11.6. The fourth-order valence-electron chi connectivity index (χ4n) is 1.43. The van der Waals surface area contributed by atoms with Crippen LogP contribution >= 0.6 is 0 Å². The summed E-state index contributed by atoms with van der Waals surface area (Å²) in [6.45, 7) is 3.70. The Morgan fingerprint density at radius 2 is 2.12 bits per heavy atom. The Kier molecular flexibility index (Phi) is 4.16. The average Bonchev–Trinajstić information content (AvgIpc) is 2.62. The van der Waals surface area contributed by atoms with Gasteiger partial charge in [-0.1, -0.05) is 19.0 Å². The molecular weight excluding hydrogens is 212 g/mol. The van der Waals surface area contributed by atoms with Crippen molar-refractivity contribution in [2.75, 3.05) is 0 Å². The zero-order chi connectivity index (χ0) is 12.1. The Hall–Kier alpha value is -1.72. The summed E-state index contributed by atoms with van der Waals surface area (Å²) in [5.74, 6) is -0.146. The van der Waals surface area contributed by atoms with Gasteiger partial charge in [0, 0.05) is 12.8 Å². The van der Waals surface area contributed by atoms with E-state index in [0.717, 1.165) is 0 Å². The lowest BCUT2D eigenvalue weighted by atomic mass is 10.1. The number of nitro groups is 1. The van der Waals surface area contributed by atoms with Gasteiger partial charge in [0.2, 0.25) is 11.5 Å². The van der Waals surface area contributed by atoms with Gasteiger partial charge in [-0.3, -0.25) is 14.9 Å². The van der Waals surface area contributed by atoms with E-state index >= 15 is 0 Å². The van der Waals surface area contributed by atoms with E-state index in [2.05, 4.69) is 5.16 Å². The van der Waals surface area contributed by atoms with Crippen molar-refractivity contribution < 1.29 is 14.2 Å². The smallest absolute Gasteiger partial charge is 0.342 e. The summed E-state index contributed by atoms with van der Waals surface area (Å²) in [6.07, 6.45) is 2.01. The second-order valence-electron chi connectivity index (χ2n) is 3.48. The van der Waals surface area contributed by atoms with Crippen molar-refractivity contribution in [3.63, 3.8) is 0 Å². The van der Waals surface area contributed by atoms with E-state index in [9.17, 15) is 14.9 Å². The molecule has 0 amide bonds. The molecular formula is C10H14N2O4. The topological polar surface area (TPSA) is 86.2 Å². The molecule has 0 saturated carbocycles. The molecule has 0 bridgehead atoms. The van der Waals surface area contributed by atoms with E-state index in [-0.39, 0.29) is 29.3 Å². The van der Waals surface area contributed by atoms with Crippen molar-refractivity contribution in [1.82, 2.24) is 5.16 Å². The summed E-state index contributed by atoms with van der Waals surface area (Å²) in [5, 5.41) is 14.3. The standard InChI is InChI=1S/C10H14N2O4/c1-3-5-7(13)9-10(12(14)15)8(6-4-2)16-11-9/h3-6H2,1-2H3. The highest BCUT2D eigenvalue weighted by molar-refractivity contribution is 5.98. The van der Waals surface area contributed by atoms with Crippen LogP contribution in [-0.4, -0.2) is 15.9 Å². The third kappa shape index (κ3) is 2.44. The van der Waals surface area contributed by atoms with Gasteiger partial charge in [0.05, 0.1) is 4.92 Å². The molecule has 0 aromatic carbocycles. The molecule has 88 valence electrons. The van der Waals surface area contributed by atoms with Crippen molar-refractivity contribution in [1.29, 1.82) is 0 Å². The van der Waals surface area contributed by atoms with E-state index in [1.54, 1.807) is 0 Å². The van der Waals surface area contributed by atoms with E-state index in [0.29, 0.717) is 19.3 Å². The molecule has 0 aliphatic rings. The second kappa shape index (κ2) is 5.39. The number of Topliss-reactive ketones (excluding diaryl/α,β-unsaturated/α-hetero) is 1. The minimum atomic E-state index is -0.593. The van der Waals surface area contributed by atoms with Crippen LogP contribution < -0.4 is 0 Å². The quantitative estimate of drug-likeness (QED) is 0.422. The van der Waals surface area contributed by atoms with Gasteiger partial charge in [0.15, 0.2) is 5.78 Å². The van der Waals surface area contributed by atoms with Crippen molar-refractivity contribution >= 4 is 11.5 Å². The highest BCUT2D eigenvalue weighted by atomic mass is 16.6. The number of aromatic nitrogens is 1. The molecule has 0 aliphatic carbocycles. The van der Waals surface area contributed by atoms with Gasteiger partial charge < -0.3 is 4.52 Å². The van der Waals surface area contributed by atoms with Crippen molar-refractivity contribution in [3.05, 3.63) is 21.6 Å². The lowest BCUT2D eigenvalue weighted by molar-refractivity contribution is -0.386. The van der Waals surface area contributed by atoms with Gasteiger partial charge in [-0.25, -0.2) is 0 Å². The van der Waals surface area contributed by atoms with Gasteiger partial charge in [-0.2, -0.15) is 0 Å². The number of carbonyl (C=O) groups is 1. The average molecular weight is 226 g/mol. The predicted molar refractivity (Wildman–Crippen MR) is 56.4 cm³/mol. The normalized spacial score (nSPS) is 10.4. The van der Waals surface area contributed by atoms with Crippen molar-refractivity contribution in [3.8, 4) is 0 Å². The number of rotatable bonds is 6. The van der Waals surface area contributed by atoms with E-state index in [1.165, 1.54) is 0 Å². The van der Waals surface area contributed by atoms with Crippen LogP contribution in [0, 0.1) is 10.1 Å². The molecule has 0 aliphatic heterocycles. The summed E-state index contributed by atoms with van der Waals surface area (Å²) in [6, 6.07) is 0. The molecule has 0 spiro atoms. The maximum absolute atomic E-state index is 11.6. The van der Waals surface area contributed by atoms with Crippen LogP contribution in [0.5, 0.6) is 0 Å². The first-order chi connectivity index (χ1) is 7.61. The zero-order valence-corrected chi connectivity index (χ0v) is 9.36. The third-order valence-electron chi connectivity index (χ3n) is 2.14. The highest BCUT2D eigenvalue weighted by Crippen LogP contribution is 2.25. The highest BCUT2D eigenvalue weighted by Gasteiger charge is 2.30. The molecule has 16 heavy (non-hydrogen) atoms. The van der Waals surface area contributed by atoms with Gasteiger partial charge in [0.25, 0.3) is 0 Å². The molecule has 1 aromatic rings. The lowest BCUT2D eigenvalue weighted by Gasteiger charge is -1.93. The van der Waals surface area contributed by atoms with E-state index in [4.69, 9.17) is 4.52 Å². The largest absolute Gasteiger partial charge is 0.353 e. The minimum absolute atomic E-state index is 0.143. The molecule has 0 unspecified atom stereocenters. The molecule has 0 atom stereocenters. The summed E-state index contributed by atoms with van der Waals surface area (Å²) in [7, 11) is 0. The third-order valence-corrected chi connectivity index (χ3v) is 2.14. The number of nitrogens with zero attached hydrogens (tertiary/aromatic N) is 2. The molecule has 1 aromatic heterocycles. The summed E-state index contributed by atoms with van der Waals surface area (Å²) < 4.78 is 4.85. The van der Waals surface area contributed by atoms with Crippen LogP contribution in [0.2, 0.25) is 0 Å². The number of hydrogen-bond acceptors (Lipinski definition) is 5. The predicted octanol–water partition coefficient (Wildman–Crippen LogP) is 2.52. The summed E-state index contributed by atoms with van der Waals surface area (Å²) in [4.78, 5) is 21.8. The SMILES string of the molecule is CCCC(=O)c1noc(CCC)c1[N+](=O)[O-]. The van der Waals surface area contributed by atoms with Gasteiger partial charge in [-0.15, -0.1) is 0 Å². The molecule has 1 rings (SSSR count). The van der Waals surface area contributed by atoms with Crippen LogP contribution in [0.4, 0.5) is 5.69 Å². The Balaban J connectivity index is 3.09. The lowest BCUT2D eigenvalue weighted by Crippen LogP contribution is -2.03. The Bertz CT molecular complexity index is 398. The van der Waals surface area contributed by atoms with Crippen LogP contribution in [0.1, 0.15) is 49.4 Å². The fraction of sp³-hybridized carbons (Fsp3) is 0.600. The number of hydrogen-bond donors (Lipinski definition) is 0. The molecule has 6 nitrogen and oxygen atoms in total. The number of aryl methyl sites for hydroxylation is 1. The Labute approximate surface area is 92.8 Å².